The highest BCUT2D eigenvalue weighted by Crippen LogP contribution is 2.29. The standard InChI is InChI=1S/C16H19BrClNS/c1-2-8-19-11-13(10-16-15(17)7-9-20-16)12-3-5-14(18)6-4-12/h3-7,9,13,19H,2,8,10-11H2,1H3. The molecule has 1 heterocycles. The van der Waals surface area contributed by atoms with Crippen LogP contribution in [-0.2, 0) is 6.42 Å². The molecule has 0 spiro atoms. The van der Waals surface area contributed by atoms with Gasteiger partial charge in [-0.3, -0.25) is 0 Å². The van der Waals surface area contributed by atoms with Crippen LogP contribution in [0.2, 0.25) is 5.02 Å². The van der Waals surface area contributed by atoms with Gasteiger partial charge in [0.15, 0.2) is 0 Å². The molecule has 1 unspecified atom stereocenters. The molecular formula is C16H19BrClNS. The summed E-state index contributed by atoms with van der Waals surface area (Å²) in [6.45, 7) is 4.26. The molecule has 1 nitrogen and oxygen atoms in total. The Hall–Kier alpha value is -0.350. The fraction of sp³-hybridized carbons (Fsp3) is 0.375. The minimum Gasteiger partial charge on any atom is -0.316 e. The molecule has 0 aliphatic rings. The molecule has 20 heavy (non-hydrogen) atoms. The molecule has 0 saturated carbocycles. The van der Waals surface area contributed by atoms with E-state index < -0.39 is 0 Å². The average Bonchev–Trinajstić information content (AvgIpc) is 2.84. The van der Waals surface area contributed by atoms with Crippen LogP contribution in [0.3, 0.4) is 0 Å². The van der Waals surface area contributed by atoms with Gasteiger partial charge in [0.1, 0.15) is 0 Å². The van der Waals surface area contributed by atoms with Gasteiger partial charge in [-0.05, 0) is 64.5 Å². The van der Waals surface area contributed by atoms with E-state index in [1.165, 1.54) is 14.9 Å². The lowest BCUT2D eigenvalue weighted by atomic mass is 9.95. The van der Waals surface area contributed by atoms with Crippen LogP contribution in [0.1, 0.15) is 29.7 Å². The van der Waals surface area contributed by atoms with Gasteiger partial charge in [-0.1, -0.05) is 30.7 Å². The fourth-order valence-electron chi connectivity index (χ4n) is 2.19. The predicted molar refractivity (Wildman–Crippen MR) is 93.1 cm³/mol. The van der Waals surface area contributed by atoms with Crippen LogP contribution in [0.4, 0.5) is 0 Å². The van der Waals surface area contributed by atoms with Crippen LogP contribution < -0.4 is 5.32 Å². The minimum atomic E-state index is 0.480. The maximum atomic E-state index is 5.99. The van der Waals surface area contributed by atoms with E-state index in [2.05, 4.69) is 51.7 Å². The monoisotopic (exact) mass is 371 g/mol. The lowest BCUT2D eigenvalue weighted by Crippen LogP contribution is -2.23. The van der Waals surface area contributed by atoms with Crippen molar-refractivity contribution in [1.29, 1.82) is 0 Å². The van der Waals surface area contributed by atoms with Crippen molar-refractivity contribution in [2.45, 2.75) is 25.7 Å². The van der Waals surface area contributed by atoms with E-state index in [1.807, 2.05) is 23.5 Å². The van der Waals surface area contributed by atoms with E-state index in [9.17, 15) is 0 Å². The number of rotatable bonds is 7. The van der Waals surface area contributed by atoms with Crippen molar-refractivity contribution in [2.75, 3.05) is 13.1 Å². The molecular weight excluding hydrogens is 354 g/mol. The number of thiophene rings is 1. The Morgan fingerprint density at radius 2 is 2.00 bits per heavy atom. The summed E-state index contributed by atoms with van der Waals surface area (Å²) in [5.41, 5.74) is 1.35. The van der Waals surface area contributed by atoms with Gasteiger partial charge in [0.05, 0.1) is 0 Å². The van der Waals surface area contributed by atoms with Crippen molar-refractivity contribution < 1.29 is 0 Å². The second-order valence-electron chi connectivity index (χ2n) is 4.85. The molecule has 0 aliphatic carbocycles. The van der Waals surface area contributed by atoms with Crippen molar-refractivity contribution >= 4 is 38.9 Å². The zero-order valence-corrected chi connectivity index (χ0v) is 14.7. The van der Waals surface area contributed by atoms with E-state index in [4.69, 9.17) is 11.6 Å². The molecule has 0 amide bonds. The molecule has 0 saturated heterocycles. The van der Waals surface area contributed by atoms with Gasteiger partial charge >= 0.3 is 0 Å². The minimum absolute atomic E-state index is 0.480. The van der Waals surface area contributed by atoms with E-state index in [-0.39, 0.29) is 0 Å². The number of halogens is 2. The molecule has 2 rings (SSSR count). The number of benzene rings is 1. The Balaban J connectivity index is 2.11. The van der Waals surface area contributed by atoms with E-state index in [0.717, 1.165) is 31.0 Å². The molecule has 2 aromatic rings. The summed E-state index contributed by atoms with van der Waals surface area (Å²) >= 11 is 11.4. The highest BCUT2D eigenvalue weighted by atomic mass is 79.9. The molecule has 1 aromatic heterocycles. The third-order valence-corrected chi connectivity index (χ3v) is 5.48. The number of nitrogens with one attached hydrogen (secondary N) is 1. The Labute approximate surface area is 138 Å². The maximum Gasteiger partial charge on any atom is 0.0406 e. The van der Waals surface area contributed by atoms with Gasteiger partial charge < -0.3 is 5.32 Å². The first-order valence-corrected chi connectivity index (χ1v) is 8.93. The maximum absolute atomic E-state index is 5.99. The molecule has 1 aromatic carbocycles. The third kappa shape index (κ3) is 4.59. The van der Waals surface area contributed by atoms with Gasteiger partial charge in [0, 0.05) is 26.8 Å². The molecule has 1 atom stereocenters. The van der Waals surface area contributed by atoms with Crippen molar-refractivity contribution in [3.05, 3.63) is 55.6 Å². The van der Waals surface area contributed by atoms with Gasteiger partial charge in [0.2, 0.25) is 0 Å². The Morgan fingerprint density at radius 3 is 2.60 bits per heavy atom. The van der Waals surface area contributed by atoms with Crippen LogP contribution in [-0.4, -0.2) is 13.1 Å². The molecule has 1 N–H and O–H groups in total. The predicted octanol–water partition coefficient (Wildman–Crippen LogP) is 5.49. The van der Waals surface area contributed by atoms with E-state index in [0.29, 0.717) is 5.92 Å². The van der Waals surface area contributed by atoms with Crippen LogP contribution in [0.5, 0.6) is 0 Å². The fourth-order valence-corrected chi connectivity index (χ4v) is 3.91. The second kappa shape index (κ2) is 8.18. The van der Waals surface area contributed by atoms with Gasteiger partial charge in [0.25, 0.3) is 0 Å². The average molecular weight is 373 g/mol. The molecule has 0 radical (unpaired) electrons. The quantitative estimate of drug-likeness (QED) is 0.634. The van der Waals surface area contributed by atoms with E-state index >= 15 is 0 Å². The first kappa shape index (κ1) is 16.0. The lowest BCUT2D eigenvalue weighted by molar-refractivity contribution is 0.579. The van der Waals surface area contributed by atoms with Crippen LogP contribution in [0.25, 0.3) is 0 Å². The highest BCUT2D eigenvalue weighted by molar-refractivity contribution is 9.10. The molecule has 0 bridgehead atoms. The smallest absolute Gasteiger partial charge is 0.0406 e. The SMILES string of the molecule is CCCNCC(Cc1sccc1Br)c1ccc(Cl)cc1. The molecule has 108 valence electrons. The molecule has 0 fully saturated rings. The normalized spacial score (nSPS) is 12.6. The van der Waals surface area contributed by atoms with Gasteiger partial charge in [-0.25, -0.2) is 0 Å². The zero-order valence-electron chi connectivity index (χ0n) is 11.5. The van der Waals surface area contributed by atoms with Crippen LogP contribution >= 0.6 is 38.9 Å². The third-order valence-electron chi connectivity index (χ3n) is 3.28. The Kier molecular flexibility index (Phi) is 6.56. The number of hydrogen-bond acceptors (Lipinski definition) is 2. The Bertz CT molecular complexity index is 524. The topological polar surface area (TPSA) is 12.0 Å². The van der Waals surface area contributed by atoms with Crippen LogP contribution in [0, 0.1) is 0 Å². The van der Waals surface area contributed by atoms with Crippen molar-refractivity contribution in [3.63, 3.8) is 0 Å². The van der Waals surface area contributed by atoms with Gasteiger partial charge in [-0.15, -0.1) is 11.3 Å². The summed E-state index contributed by atoms with van der Waals surface area (Å²) in [5.74, 6) is 0.480. The van der Waals surface area contributed by atoms with Gasteiger partial charge in [-0.2, -0.15) is 0 Å². The largest absolute Gasteiger partial charge is 0.316 e. The highest BCUT2D eigenvalue weighted by Gasteiger charge is 2.14. The summed E-state index contributed by atoms with van der Waals surface area (Å²) in [4.78, 5) is 1.41. The summed E-state index contributed by atoms with van der Waals surface area (Å²) < 4.78 is 1.22. The second-order valence-corrected chi connectivity index (χ2v) is 7.14. The van der Waals surface area contributed by atoms with Crippen molar-refractivity contribution in [3.8, 4) is 0 Å². The Morgan fingerprint density at radius 1 is 1.25 bits per heavy atom. The number of hydrogen-bond donors (Lipinski definition) is 1. The van der Waals surface area contributed by atoms with E-state index in [1.54, 1.807) is 0 Å². The molecule has 4 heteroatoms. The van der Waals surface area contributed by atoms with Crippen molar-refractivity contribution in [1.82, 2.24) is 5.32 Å². The van der Waals surface area contributed by atoms with Crippen LogP contribution in [0.15, 0.2) is 40.2 Å². The lowest BCUT2D eigenvalue weighted by Gasteiger charge is -2.18. The summed E-state index contributed by atoms with van der Waals surface area (Å²) in [6, 6.07) is 10.4. The van der Waals surface area contributed by atoms with Crippen molar-refractivity contribution in [2.24, 2.45) is 0 Å². The first-order chi connectivity index (χ1) is 9.70. The molecule has 0 aliphatic heterocycles. The first-order valence-electron chi connectivity index (χ1n) is 6.88. The zero-order chi connectivity index (χ0) is 14.4. The summed E-state index contributed by atoms with van der Waals surface area (Å²) in [5, 5.41) is 6.47. The summed E-state index contributed by atoms with van der Waals surface area (Å²) in [7, 11) is 0. The summed E-state index contributed by atoms with van der Waals surface area (Å²) in [6.07, 6.45) is 2.21.